The maximum Gasteiger partial charge on any atom is 0.352 e. The van der Waals surface area contributed by atoms with Crippen LogP contribution >= 0.6 is 23.2 Å². The van der Waals surface area contributed by atoms with Gasteiger partial charge in [0.25, 0.3) is 0 Å². The molecule has 0 bridgehead atoms. The number of hydrogen-bond donors (Lipinski definition) is 1. The van der Waals surface area contributed by atoms with Gasteiger partial charge in [0.05, 0.1) is 6.54 Å². The number of carboxylic acids is 1. The molecule has 0 saturated carbocycles. The van der Waals surface area contributed by atoms with E-state index in [1.165, 1.54) is 30.3 Å². The van der Waals surface area contributed by atoms with Crippen molar-refractivity contribution in [1.82, 2.24) is 4.57 Å². The van der Waals surface area contributed by atoms with Crippen molar-refractivity contribution in [2.75, 3.05) is 6.79 Å². The second-order valence-corrected chi connectivity index (χ2v) is 11.7. The maximum atomic E-state index is 12.6. The van der Waals surface area contributed by atoms with E-state index in [0.29, 0.717) is 49.3 Å². The SMILES string of the molecule is O=C(O)c1cc2cc(OCc3cc(OS(=O)(=O)c4ccccc4)ccc3Cl)ccc2n1Cc1cc2c(cc1Cl)OCO2. The first-order valence-corrected chi connectivity index (χ1v) is 14.7. The minimum atomic E-state index is -4.03. The number of ether oxygens (including phenoxy) is 3. The number of rotatable bonds is 9. The molecule has 42 heavy (non-hydrogen) atoms. The van der Waals surface area contributed by atoms with E-state index in [0.717, 1.165) is 0 Å². The Morgan fingerprint density at radius 1 is 0.857 bits per heavy atom. The third kappa shape index (κ3) is 5.56. The molecule has 214 valence electrons. The van der Waals surface area contributed by atoms with Crippen molar-refractivity contribution < 1.29 is 36.7 Å². The fourth-order valence-electron chi connectivity index (χ4n) is 4.57. The number of carbonyl (C=O) groups is 1. The molecular formula is C30H21Cl2NO8S. The topological polar surface area (TPSA) is 113 Å². The predicted octanol–water partition coefficient (Wildman–Crippen LogP) is 6.77. The van der Waals surface area contributed by atoms with E-state index < -0.39 is 16.1 Å². The van der Waals surface area contributed by atoms with Gasteiger partial charge in [-0.3, -0.25) is 0 Å². The minimum absolute atomic E-state index is 0.00618. The highest BCUT2D eigenvalue weighted by Gasteiger charge is 2.21. The van der Waals surface area contributed by atoms with Crippen LogP contribution in [0.15, 0.2) is 89.8 Å². The van der Waals surface area contributed by atoms with E-state index in [1.807, 2.05) is 0 Å². The zero-order valence-electron chi connectivity index (χ0n) is 21.6. The number of nitrogens with zero attached hydrogens (tertiary/aromatic N) is 1. The van der Waals surface area contributed by atoms with Crippen LogP contribution in [-0.2, 0) is 23.3 Å². The summed E-state index contributed by atoms with van der Waals surface area (Å²) in [6.45, 7) is 0.293. The molecule has 12 heteroatoms. The zero-order valence-corrected chi connectivity index (χ0v) is 23.9. The Bertz CT molecular complexity index is 1940. The van der Waals surface area contributed by atoms with Crippen LogP contribution in [0.25, 0.3) is 10.9 Å². The first-order chi connectivity index (χ1) is 20.2. The van der Waals surface area contributed by atoms with Gasteiger partial charge in [-0.2, -0.15) is 8.42 Å². The van der Waals surface area contributed by atoms with Crippen LogP contribution in [0.5, 0.6) is 23.0 Å². The quantitative estimate of drug-likeness (QED) is 0.179. The van der Waals surface area contributed by atoms with Crippen molar-refractivity contribution in [2.45, 2.75) is 18.0 Å². The van der Waals surface area contributed by atoms with Gasteiger partial charge in [0.1, 0.15) is 28.7 Å². The number of halogens is 2. The van der Waals surface area contributed by atoms with Gasteiger partial charge >= 0.3 is 16.1 Å². The highest BCUT2D eigenvalue weighted by molar-refractivity contribution is 7.87. The highest BCUT2D eigenvalue weighted by Crippen LogP contribution is 2.38. The van der Waals surface area contributed by atoms with Crippen molar-refractivity contribution in [2.24, 2.45) is 0 Å². The number of aromatic nitrogens is 1. The van der Waals surface area contributed by atoms with Crippen LogP contribution in [0.4, 0.5) is 0 Å². The molecule has 0 radical (unpaired) electrons. The van der Waals surface area contributed by atoms with Crippen LogP contribution in [-0.4, -0.2) is 30.9 Å². The Balaban J connectivity index is 1.23. The standard InChI is InChI=1S/C30H21Cl2NO8S/c31-24-8-6-22(41-42(36,37)23-4-2-1-3-5-23)11-20(24)16-38-21-7-9-26-18(10-21)12-27(30(34)35)33(26)15-19-13-28-29(14-25(19)32)40-17-39-28/h1-14H,15-17H2,(H,34,35). The molecule has 6 rings (SSSR count). The van der Waals surface area contributed by atoms with Gasteiger partial charge < -0.3 is 28.1 Å². The first kappa shape index (κ1) is 27.8. The monoisotopic (exact) mass is 625 g/mol. The summed E-state index contributed by atoms with van der Waals surface area (Å²) >= 11 is 12.8. The lowest BCUT2D eigenvalue weighted by Crippen LogP contribution is -2.10. The first-order valence-electron chi connectivity index (χ1n) is 12.5. The molecule has 0 aliphatic carbocycles. The Morgan fingerprint density at radius 3 is 2.36 bits per heavy atom. The van der Waals surface area contributed by atoms with E-state index in [4.69, 9.17) is 41.6 Å². The van der Waals surface area contributed by atoms with E-state index in [-0.39, 0.29) is 36.3 Å². The summed E-state index contributed by atoms with van der Waals surface area (Å²) in [7, 11) is -4.03. The van der Waals surface area contributed by atoms with Gasteiger partial charge in [-0.05, 0) is 66.2 Å². The van der Waals surface area contributed by atoms with Crippen molar-refractivity contribution >= 4 is 50.2 Å². The molecule has 0 amide bonds. The summed E-state index contributed by atoms with van der Waals surface area (Å²) in [4.78, 5) is 12.1. The van der Waals surface area contributed by atoms with Crippen molar-refractivity contribution in [3.8, 4) is 23.0 Å². The van der Waals surface area contributed by atoms with Crippen molar-refractivity contribution in [1.29, 1.82) is 0 Å². The molecule has 1 aliphatic heterocycles. The van der Waals surface area contributed by atoms with Crippen LogP contribution in [0, 0.1) is 0 Å². The Morgan fingerprint density at radius 2 is 1.60 bits per heavy atom. The van der Waals surface area contributed by atoms with E-state index in [9.17, 15) is 18.3 Å². The molecule has 0 atom stereocenters. The van der Waals surface area contributed by atoms with Crippen LogP contribution in [0.2, 0.25) is 10.0 Å². The van der Waals surface area contributed by atoms with Crippen LogP contribution in [0.1, 0.15) is 21.6 Å². The molecule has 5 aromatic rings. The van der Waals surface area contributed by atoms with Gasteiger partial charge in [0.15, 0.2) is 11.5 Å². The fraction of sp³-hybridized carbons (Fsp3) is 0.100. The number of benzene rings is 4. The second kappa shape index (κ2) is 11.1. The number of hydrogen-bond acceptors (Lipinski definition) is 7. The lowest BCUT2D eigenvalue weighted by atomic mass is 10.2. The minimum Gasteiger partial charge on any atom is -0.489 e. The smallest absolute Gasteiger partial charge is 0.352 e. The summed E-state index contributed by atoms with van der Waals surface area (Å²) in [6, 6.07) is 22.4. The lowest BCUT2D eigenvalue weighted by molar-refractivity contribution is 0.0686. The van der Waals surface area contributed by atoms with Crippen LogP contribution < -0.4 is 18.4 Å². The highest BCUT2D eigenvalue weighted by atomic mass is 35.5. The van der Waals surface area contributed by atoms with Crippen LogP contribution in [0.3, 0.4) is 0 Å². The molecule has 4 aromatic carbocycles. The van der Waals surface area contributed by atoms with Gasteiger partial charge in [-0.15, -0.1) is 0 Å². The van der Waals surface area contributed by atoms with Crippen molar-refractivity contribution in [3.63, 3.8) is 0 Å². The third-order valence-corrected chi connectivity index (χ3v) is 8.59. The molecule has 1 aliphatic rings. The predicted molar refractivity (Wildman–Crippen MR) is 156 cm³/mol. The van der Waals surface area contributed by atoms with E-state index in [2.05, 4.69) is 0 Å². The number of aromatic carboxylic acids is 1. The van der Waals surface area contributed by atoms with Gasteiger partial charge in [0, 0.05) is 32.6 Å². The Labute approximate surface area is 250 Å². The average Bonchev–Trinajstić information content (AvgIpc) is 3.57. The Hall–Kier alpha value is -4.38. The molecule has 2 heterocycles. The maximum absolute atomic E-state index is 12.6. The summed E-state index contributed by atoms with van der Waals surface area (Å²) in [5.41, 5.74) is 1.91. The summed E-state index contributed by atoms with van der Waals surface area (Å²) in [5, 5.41) is 11.3. The second-order valence-electron chi connectivity index (χ2n) is 9.33. The molecule has 0 spiro atoms. The summed E-state index contributed by atoms with van der Waals surface area (Å²) in [6.07, 6.45) is 0. The van der Waals surface area contributed by atoms with E-state index in [1.54, 1.807) is 59.2 Å². The van der Waals surface area contributed by atoms with Gasteiger partial charge in [-0.25, -0.2) is 4.79 Å². The number of fused-ring (bicyclic) bond motifs is 2. The molecular weight excluding hydrogens is 605 g/mol. The Kier molecular flexibility index (Phi) is 7.36. The van der Waals surface area contributed by atoms with E-state index >= 15 is 0 Å². The molecule has 1 N–H and O–H groups in total. The lowest BCUT2D eigenvalue weighted by Gasteiger charge is -2.12. The normalized spacial score (nSPS) is 12.4. The molecule has 9 nitrogen and oxygen atoms in total. The molecule has 0 saturated heterocycles. The zero-order chi connectivity index (χ0) is 29.4. The largest absolute Gasteiger partial charge is 0.489 e. The molecule has 1 aromatic heterocycles. The van der Waals surface area contributed by atoms with Crippen molar-refractivity contribution in [3.05, 3.63) is 112 Å². The average molecular weight is 626 g/mol. The third-order valence-electron chi connectivity index (χ3n) is 6.61. The molecule has 0 unspecified atom stereocenters. The van der Waals surface area contributed by atoms with Gasteiger partial charge in [-0.1, -0.05) is 41.4 Å². The fourth-order valence-corrected chi connectivity index (χ4v) is 5.90. The molecule has 0 fully saturated rings. The summed E-state index contributed by atoms with van der Waals surface area (Å²) < 4.78 is 48.9. The van der Waals surface area contributed by atoms with Gasteiger partial charge in [0.2, 0.25) is 6.79 Å². The summed E-state index contributed by atoms with van der Waals surface area (Å²) in [5.74, 6) is 0.528. The number of carboxylic acid groups (broad SMARTS) is 1.